The van der Waals surface area contributed by atoms with E-state index in [-0.39, 0.29) is 19.1 Å². The molecular weight excluding hydrogens is 388 g/mol. The second-order valence-corrected chi connectivity index (χ2v) is 8.29. The van der Waals surface area contributed by atoms with E-state index >= 15 is 0 Å². The van der Waals surface area contributed by atoms with Gasteiger partial charge in [-0.1, -0.05) is 25.1 Å². The Bertz CT molecular complexity index is 882. The Morgan fingerprint density at radius 3 is 2.69 bits per heavy atom. The monoisotopic (exact) mass is 414 g/mol. The van der Waals surface area contributed by atoms with Gasteiger partial charge in [0.1, 0.15) is 4.88 Å². The highest BCUT2D eigenvalue weighted by Crippen LogP contribution is 2.30. The highest BCUT2D eigenvalue weighted by Gasteiger charge is 2.20. The Hall–Kier alpha value is -2.67. The van der Waals surface area contributed by atoms with Gasteiger partial charge in [-0.2, -0.15) is 0 Å². The van der Waals surface area contributed by atoms with Crippen molar-refractivity contribution in [2.24, 2.45) is 0 Å². The molecule has 0 aliphatic heterocycles. The molecule has 29 heavy (non-hydrogen) atoms. The van der Waals surface area contributed by atoms with Crippen LogP contribution in [-0.2, 0) is 33.6 Å². The van der Waals surface area contributed by atoms with E-state index in [1.807, 2.05) is 37.3 Å². The number of likely N-dealkylation sites (N-methyl/N-ethyl adjacent to an activating group) is 1. The summed E-state index contributed by atoms with van der Waals surface area (Å²) in [5, 5.41) is 2.83. The molecule has 1 N–H and O–H groups in total. The number of benzene rings is 1. The third kappa shape index (κ3) is 5.44. The fourth-order valence-electron chi connectivity index (χ4n) is 3.34. The molecule has 0 spiro atoms. The van der Waals surface area contributed by atoms with E-state index < -0.39 is 11.9 Å². The molecule has 7 heteroatoms. The number of amides is 2. The normalized spacial score (nSPS) is 12.8. The lowest BCUT2D eigenvalue weighted by molar-refractivity contribution is -0.136. The van der Waals surface area contributed by atoms with Crippen LogP contribution < -0.4 is 5.32 Å². The van der Waals surface area contributed by atoms with Crippen LogP contribution >= 0.6 is 11.3 Å². The zero-order chi connectivity index (χ0) is 20.8. The van der Waals surface area contributed by atoms with Gasteiger partial charge in [0.25, 0.3) is 5.91 Å². The number of carbonyl (C=O) groups excluding carboxylic acids is 3. The Morgan fingerprint density at radius 2 is 1.93 bits per heavy atom. The maximum absolute atomic E-state index is 12.3. The van der Waals surface area contributed by atoms with Crippen LogP contribution in [-0.4, -0.2) is 42.9 Å². The summed E-state index contributed by atoms with van der Waals surface area (Å²) in [6.07, 6.45) is 5.10. The van der Waals surface area contributed by atoms with Gasteiger partial charge in [-0.3, -0.25) is 9.59 Å². The van der Waals surface area contributed by atoms with Crippen molar-refractivity contribution in [2.75, 3.05) is 25.5 Å². The number of hydrogen-bond acceptors (Lipinski definition) is 5. The van der Waals surface area contributed by atoms with Crippen molar-refractivity contribution in [3.63, 3.8) is 0 Å². The van der Waals surface area contributed by atoms with E-state index in [4.69, 9.17) is 4.74 Å². The summed E-state index contributed by atoms with van der Waals surface area (Å²) >= 11 is 1.46. The lowest BCUT2D eigenvalue weighted by atomic mass is 9.99. The van der Waals surface area contributed by atoms with Crippen LogP contribution in [0.5, 0.6) is 0 Å². The van der Waals surface area contributed by atoms with E-state index in [0.717, 1.165) is 43.4 Å². The predicted molar refractivity (Wildman–Crippen MR) is 113 cm³/mol. The highest BCUT2D eigenvalue weighted by atomic mass is 32.1. The molecule has 0 radical (unpaired) electrons. The van der Waals surface area contributed by atoms with Crippen LogP contribution in [0.4, 0.5) is 5.69 Å². The Balaban J connectivity index is 1.48. The summed E-state index contributed by atoms with van der Waals surface area (Å²) in [7, 11) is 1.52. The van der Waals surface area contributed by atoms with Gasteiger partial charge in [0, 0.05) is 17.6 Å². The van der Waals surface area contributed by atoms with E-state index in [1.165, 1.54) is 33.7 Å². The van der Waals surface area contributed by atoms with Crippen molar-refractivity contribution in [1.29, 1.82) is 0 Å². The Labute approximate surface area is 174 Å². The molecule has 2 aromatic rings. The molecule has 1 aromatic carbocycles. The van der Waals surface area contributed by atoms with Crippen LogP contribution in [0.1, 0.15) is 45.4 Å². The third-order valence-corrected chi connectivity index (χ3v) is 6.22. The summed E-state index contributed by atoms with van der Waals surface area (Å²) in [6.45, 7) is 1.53. The Kier molecular flexibility index (Phi) is 7.04. The number of nitrogens with one attached hydrogen (secondary N) is 1. The number of aryl methyl sites for hydroxylation is 3. The van der Waals surface area contributed by atoms with Gasteiger partial charge in [0.2, 0.25) is 5.91 Å². The first-order valence-electron chi connectivity index (χ1n) is 9.88. The smallest absolute Gasteiger partial charge is 0.348 e. The minimum atomic E-state index is -0.479. The number of carbonyl (C=O) groups is 3. The zero-order valence-corrected chi connectivity index (χ0v) is 17.6. The molecule has 0 saturated heterocycles. The lowest BCUT2D eigenvalue weighted by Gasteiger charge is -2.17. The molecule has 154 valence electrons. The molecule has 0 saturated carbocycles. The van der Waals surface area contributed by atoms with Gasteiger partial charge in [0.05, 0.1) is 6.54 Å². The molecule has 1 aliphatic rings. The summed E-state index contributed by atoms with van der Waals surface area (Å²) in [6, 6.07) is 9.44. The quantitative estimate of drug-likeness (QED) is 0.704. The average molecular weight is 415 g/mol. The van der Waals surface area contributed by atoms with Crippen molar-refractivity contribution < 1.29 is 19.1 Å². The molecule has 0 fully saturated rings. The van der Waals surface area contributed by atoms with E-state index in [9.17, 15) is 14.4 Å². The number of rotatable bonds is 7. The number of thiophene rings is 1. The molecule has 1 aromatic heterocycles. The molecule has 1 aliphatic carbocycles. The first-order valence-corrected chi connectivity index (χ1v) is 10.7. The van der Waals surface area contributed by atoms with Crippen LogP contribution in [0.25, 0.3) is 0 Å². The van der Waals surface area contributed by atoms with E-state index in [1.54, 1.807) is 0 Å². The molecule has 0 unspecified atom stereocenters. The molecule has 0 atom stereocenters. The van der Waals surface area contributed by atoms with E-state index in [2.05, 4.69) is 5.32 Å². The maximum Gasteiger partial charge on any atom is 0.348 e. The third-order valence-electron chi connectivity index (χ3n) is 5.00. The van der Waals surface area contributed by atoms with Gasteiger partial charge < -0.3 is 15.0 Å². The first kappa shape index (κ1) is 21.0. The van der Waals surface area contributed by atoms with Crippen molar-refractivity contribution in [3.05, 3.63) is 51.2 Å². The standard InChI is InChI=1S/C22H26N2O4S/c1-3-15-8-4-6-10-17(15)23-20(25)13-24(2)21(26)14-28-22(27)19-12-16-9-5-7-11-18(16)29-19/h4,6,8,10,12H,3,5,7,9,11,13-14H2,1-2H3,(H,23,25). The van der Waals surface area contributed by atoms with Gasteiger partial charge in [-0.15, -0.1) is 11.3 Å². The molecule has 2 amide bonds. The predicted octanol–water partition coefficient (Wildman–Crippen LogP) is 3.44. The average Bonchev–Trinajstić information content (AvgIpc) is 3.16. The number of anilines is 1. The summed E-state index contributed by atoms with van der Waals surface area (Å²) in [4.78, 5) is 39.8. The second kappa shape index (κ2) is 9.69. The van der Waals surface area contributed by atoms with Crippen molar-refractivity contribution in [2.45, 2.75) is 39.0 Å². The lowest BCUT2D eigenvalue weighted by Crippen LogP contribution is -2.37. The van der Waals surface area contributed by atoms with Gasteiger partial charge >= 0.3 is 5.97 Å². The second-order valence-electron chi connectivity index (χ2n) is 7.15. The van der Waals surface area contributed by atoms with Crippen molar-refractivity contribution in [3.8, 4) is 0 Å². The van der Waals surface area contributed by atoms with Crippen LogP contribution in [0.15, 0.2) is 30.3 Å². The molecule has 6 nitrogen and oxygen atoms in total. The van der Waals surface area contributed by atoms with Gasteiger partial charge in [-0.25, -0.2) is 4.79 Å². The van der Waals surface area contributed by atoms with Crippen LogP contribution in [0.2, 0.25) is 0 Å². The highest BCUT2D eigenvalue weighted by molar-refractivity contribution is 7.14. The maximum atomic E-state index is 12.3. The summed E-state index contributed by atoms with van der Waals surface area (Å²) in [5.74, 6) is -1.19. The number of fused-ring (bicyclic) bond motifs is 1. The van der Waals surface area contributed by atoms with Crippen molar-refractivity contribution >= 4 is 34.8 Å². The number of esters is 1. The van der Waals surface area contributed by atoms with Gasteiger partial charge in [0.15, 0.2) is 6.61 Å². The number of hydrogen-bond donors (Lipinski definition) is 1. The SMILES string of the molecule is CCc1ccccc1NC(=O)CN(C)C(=O)COC(=O)c1cc2c(s1)CCCC2. The van der Waals surface area contributed by atoms with Crippen LogP contribution in [0.3, 0.4) is 0 Å². The Morgan fingerprint density at radius 1 is 1.17 bits per heavy atom. The summed E-state index contributed by atoms with van der Waals surface area (Å²) < 4.78 is 5.17. The first-order chi connectivity index (χ1) is 14.0. The van der Waals surface area contributed by atoms with Crippen LogP contribution in [0, 0.1) is 0 Å². The fraction of sp³-hybridized carbons (Fsp3) is 0.409. The number of nitrogens with zero attached hydrogens (tertiary/aromatic N) is 1. The minimum absolute atomic E-state index is 0.109. The molecule has 1 heterocycles. The largest absolute Gasteiger partial charge is 0.451 e. The van der Waals surface area contributed by atoms with E-state index in [0.29, 0.717) is 4.88 Å². The molecular formula is C22H26N2O4S. The summed E-state index contributed by atoms with van der Waals surface area (Å²) in [5.41, 5.74) is 3.00. The zero-order valence-electron chi connectivity index (χ0n) is 16.8. The topological polar surface area (TPSA) is 75.7 Å². The number of para-hydroxylation sites is 1. The molecule has 3 rings (SSSR count). The minimum Gasteiger partial charge on any atom is -0.451 e. The molecule has 0 bridgehead atoms. The van der Waals surface area contributed by atoms with Crippen molar-refractivity contribution in [1.82, 2.24) is 4.90 Å². The fourth-order valence-corrected chi connectivity index (χ4v) is 4.49. The van der Waals surface area contributed by atoms with Gasteiger partial charge in [-0.05, 0) is 55.4 Å². The number of ether oxygens (including phenoxy) is 1.